The van der Waals surface area contributed by atoms with Crippen LogP contribution in [0, 0.1) is 5.92 Å². The molecule has 3 N–H and O–H groups in total. The van der Waals surface area contributed by atoms with Gasteiger partial charge < -0.3 is 15.6 Å². The maximum atomic E-state index is 10.2. The highest BCUT2D eigenvalue weighted by Crippen LogP contribution is 2.36. The predicted molar refractivity (Wildman–Crippen MR) is 52.4 cm³/mol. The van der Waals surface area contributed by atoms with Gasteiger partial charge in [-0.15, -0.1) is 0 Å². The van der Waals surface area contributed by atoms with Crippen molar-refractivity contribution in [3.05, 3.63) is 0 Å². The Hall–Kier alpha value is -0.120. The second-order valence-corrected chi connectivity index (χ2v) is 4.29. The Morgan fingerprint density at radius 1 is 1.69 bits per heavy atom. The Morgan fingerprint density at radius 3 is 2.85 bits per heavy atom. The molecule has 3 nitrogen and oxygen atoms in total. The first-order valence-electron chi connectivity index (χ1n) is 5.05. The van der Waals surface area contributed by atoms with Crippen LogP contribution in [0.5, 0.6) is 0 Å². The SMILES string of the molecule is COCCC(C)C1(O)CCC(N)C1. The molecule has 13 heavy (non-hydrogen) atoms. The quantitative estimate of drug-likeness (QED) is 0.687. The molecular weight excluding hydrogens is 166 g/mol. The minimum Gasteiger partial charge on any atom is -0.390 e. The fourth-order valence-corrected chi connectivity index (χ4v) is 2.10. The zero-order valence-corrected chi connectivity index (χ0v) is 8.62. The molecule has 0 aliphatic heterocycles. The standard InChI is InChI=1S/C10H21NO2/c1-8(4-6-13-2)10(12)5-3-9(11)7-10/h8-9,12H,3-7,11H2,1-2H3. The third kappa shape index (κ3) is 2.66. The fourth-order valence-electron chi connectivity index (χ4n) is 2.10. The first kappa shape index (κ1) is 11.0. The Morgan fingerprint density at radius 2 is 2.38 bits per heavy atom. The largest absolute Gasteiger partial charge is 0.390 e. The summed E-state index contributed by atoms with van der Waals surface area (Å²) in [5.74, 6) is 0.293. The van der Waals surface area contributed by atoms with Gasteiger partial charge in [-0.25, -0.2) is 0 Å². The normalized spacial score (nSPS) is 36.5. The Balaban J connectivity index is 2.40. The van der Waals surface area contributed by atoms with Crippen LogP contribution in [0.2, 0.25) is 0 Å². The number of hydrogen-bond acceptors (Lipinski definition) is 3. The molecule has 78 valence electrons. The van der Waals surface area contributed by atoms with Crippen LogP contribution in [0.25, 0.3) is 0 Å². The van der Waals surface area contributed by atoms with Crippen LogP contribution < -0.4 is 5.73 Å². The maximum absolute atomic E-state index is 10.2. The van der Waals surface area contributed by atoms with Gasteiger partial charge in [0.15, 0.2) is 0 Å². The van der Waals surface area contributed by atoms with Crippen molar-refractivity contribution in [2.45, 2.75) is 44.2 Å². The number of methoxy groups -OCH3 is 1. The number of aliphatic hydroxyl groups is 1. The molecule has 3 atom stereocenters. The van der Waals surface area contributed by atoms with Crippen molar-refractivity contribution < 1.29 is 9.84 Å². The van der Waals surface area contributed by atoms with Crippen molar-refractivity contribution in [2.24, 2.45) is 11.7 Å². The van der Waals surface area contributed by atoms with Crippen molar-refractivity contribution in [2.75, 3.05) is 13.7 Å². The van der Waals surface area contributed by atoms with Gasteiger partial charge in [0.1, 0.15) is 0 Å². The van der Waals surface area contributed by atoms with Crippen LogP contribution in [-0.4, -0.2) is 30.5 Å². The third-order valence-electron chi connectivity index (χ3n) is 3.24. The van der Waals surface area contributed by atoms with Crippen LogP contribution >= 0.6 is 0 Å². The lowest BCUT2D eigenvalue weighted by molar-refractivity contribution is -0.0173. The van der Waals surface area contributed by atoms with E-state index in [0.717, 1.165) is 32.3 Å². The van der Waals surface area contributed by atoms with E-state index in [-0.39, 0.29) is 6.04 Å². The van der Waals surface area contributed by atoms with Gasteiger partial charge in [-0.1, -0.05) is 6.92 Å². The van der Waals surface area contributed by atoms with Crippen LogP contribution in [0.3, 0.4) is 0 Å². The molecule has 0 bridgehead atoms. The molecule has 0 aromatic rings. The van der Waals surface area contributed by atoms with Gasteiger partial charge in [0.05, 0.1) is 5.60 Å². The number of nitrogens with two attached hydrogens (primary N) is 1. The lowest BCUT2D eigenvalue weighted by Crippen LogP contribution is -2.35. The summed E-state index contributed by atoms with van der Waals surface area (Å²) in [7, 11) is 1.69. The molecule has 0 spiro atoms. The van der Waals surface area contributed by atoms with Gasteiger partial charge >= 0.3 is 0 Å². The van der Waals surface area contributed by atoms with E-state index in [4.69, 9.17) is 10.5 Å². The van der Waals surface area contributed by atoms with Crippen LogP contribution in [-0.2, 0) is 4.74 Å². The fraction of sp³-hybridized carbons (Fsp3) is 1.00. The molecule has 0 saturated heterocycles. The van der Waals surface area contributed by atoms with E-state index in [9.17, 15) is 5.11 Å². The Kier molecular flexibility index (Phi) is 3.71. The van der Waals surface area contributed by atoms with E-state index in [1.165, 1.54) is 0 Å². The summed E-state index contributed by atoms with van der Waals surface area (Å²) in [5.41, 5.74) is 5.26. The highest BCUT2D eigenvalue weighted by Gasteiger charge is 2.39. The van der Waals surface area contributed by atoms with E-state index in [1.807, 2.05) is 0 Å². The summed E-state index contributed by atoms with van der Waals surface area (Å²) < 4.78 is 5.00. The molecule has 0 radical (unpaired) electrons. The van der Waals surface area contributed by atoms with E-state index in [0.29, 0.717) is 5.92 Å². The van der Waals surface area contributed by atoms with E-state index >= 15 is 0 Å². The van der Waals surface area contributed by atoms with Gasteiger partial charge in [-0.05, 0) is 31.6 Å². The number of hydrogen-bond donors (Lipinski definition) is 2. The molecule has 1 aliphatic rings. The summed E-state index contributed by atoms with van der Waals surface area (Å²) in [5, 5.41) is 10.2. The summed E-state index contributed by atoms with van der Waals surface area (Å²) in [6.45, 7) is 2.80. The highest BCUT2D eigenvalue weighted by molar-refractivity contribution is 4.94. The van der Waals surface area contributed by atoms with Crippen molar-refractivity contribution in [3.8, 4) is 0 Å². The minimum absolute atomic E-state index is 0.190. The second-order valence-electron chi connectivity index (χ2n) is 4.29. The molecule has 0 aromatic heterocycles. The number of ether oxygens (including phenoxy) is 1. The molecule has 0 amide bonds. The third-order valence-corrected chi connectivity index (χ3v) is 3.24. The van der Waals surface area contributed by atoms with Gasteiger partial charge in [0.25, 0.3) is 0 Å². The first-order valence-corrected chi connectivity index (χ1v) is 5.05. The lowest BCUT2D eigenvalue weighted by atomic mass is 9.85. The summed E-state index contributed by atoms with van der Waals surface area (Å²) in [6.07, 6.45) is 3.46. The van der Waals surface area contributed by atoms with Crippen molar-refractivity contribution in [1.29, 1.82) is 0 Å². The molecule has 0 heterocycles. The van der Waals surface area contributed by atoms with Gasteiger partial charge in [-0.3, -0.25) is 0 Å². The van der Waals surface area contributed by atoms with E-state index in [1.54, 1.807) is 7.11 Å². The van der Waals surface area contributed by atoms with Crippen molar-refractivity contribution in [1.82, 2.24) is 0 Å². The van der Waals surface area contributed by atoms with Gasteiger partial charge in [0, 0.05) is 19.8 Å². The van der Waals surface area contributed by atoms with Crippen molar-refractivity contribution >= 4 is 0 Å². The summed E-state index contributed by atoms with van der Waals surface area (Å²) in [4.78, 5) is 0. The average molecular weight is 187 g/mol. The van der Waals surface area contributed by atoms with Crippen LogP contribution in [0.1, 0.15) is 32.6 Å². The number of rotatable bonds is 4. The van der Waals surface area contributed by atoms with Gasteiger partial charge in [0.2, 0.25) is 0 Å². The van der Waals surface area contributed by atoms with Crippen LogP contribution in [0.15, 0.2) is 0 Å². The topological polar surface area (TPSA) is 55.5 Å². The van der Waals surface area contributed by atoms with E-state index < -0.39 is 5.60 Å². The summed E-state index contributed by atoms with van der Waals surface area (Å²) >= 11 is 0. The zero-order chi connectivity index (χ0) is 9.90. The van der Waals surface area contributed by atoms with Crippen molar-refractivity contribution in [3.63, 3.8) is 0 Å². The lowest BCUT2D eigenvalue weighted by Gasteiger charge is -2.29. The first-order chi connectivity index (χ1) is 6.08. The summed E-state index contributed by atoms with van der Waals surface area (Å²) in [6, 6.07) is 0.190. The molecule has 0 aromatic carbocycles. The van der Waals surface area contributed by atoms with Gasteiger partial charge in [-0.2, -0.15) is 0 Å². The van der Waals surface area contributed by atoms with E-state index in [2.05, 4.69) is 6.92 Å². The molecule has 3 unspecified atom stereocenters. The monoisotopic (exact) mass is 187 g/mol. The predicted octanol–water partition coefficient (Wildman–Crippen LogP) is 0.901. The smallest absolute Gasteiger partial charge is 0.0689 e. The average Bonchev–Trinajstić information content (AvgIpc) is 2.43. The molecular formula is C10H21NO2. The molecule has 1 aliphatic carbocycles. The molecule has 1 fully saturated rings. The molecule has 3 heteroatoms. The second kappa shape index (κ2) is 4.40. The Bertz CT molecular complexity index is 163. The zero-order valence-electron chi connectivity index (χ0n) is 8.62. The Labute approximate surface area is 80.3 Å². The maximum Gasteiger partial charge on any atom is 0.0689 e. The molecule has 1 rings (SSSR count). The minimum atomic E-state index is -0.530. The van der Waals surface area contributed by atoms with Crippen LogP contribution in [0.4, 0.5) is 0 Å². The molecule has 1 saturated carbocycles. The highest BCUT2D eigenvalue weighted by atomic mass is 16.5.